The molecule has 0 saturated carbocycles. The average Bonchev–Trinajstić information content (AvgIpc) is 2.14. The van der Waals surface area contributed by atoms with E-state index in [0.29, 0.717) is 0 Å². The predicted octanol–water partition coefficient (Wildman–Crippen LogP) is 3.98. The van der Waals surface area contributed by atoms with Crippen molar-refractivity contribution >= 4 is 0 Å². The average molecular weight is 188 g/mol. The molecule has 76 valence electrons. The highest BCUT2D eigenvalue weighted by molar-refractivity contribution is 5.38. The van der Waals surface area contributed by atoms with Crippen molar-refractivity contribution in [1.29, 1.82) is 0 Å². The van der Waals surface area contributed by atoms with Crippen molar-refractivity contribution in [3.05, 3.63) is 47.0 Å². The molecule has 0 aliphatic heterocycles. The van der Waals surface area contributed by atoms with Gasteiger partial charge in [0.05, 0.1) is 0 Å². The van der Waals surface area contributed by atoms with Gasteiger partial charge in [0.25, 0.3) is 0 Å². The first-order valence-electron chi connectivity index (χ1n) is 5.39. The lowest BCUT2D eigenvalue weighted by molar-refractivity contribution is 0.903. The zero-order valence-corrected chi connectivity index (χ0v) is 9.56. The topological polar surface area (TPSA) is 0 Å². The summed E-state index contributed by atoms with van der Waals surface area (Å²) >= 11 is 0. The Labute approximate surface area is 87.7 Å². The zero-order chi connectivity index (χ0) is 10.6. The summed E-state index contributed by atoms with van der Waals surface area (Å²) in [6.07, 6.45) is 5.39. The summed E-state index contributed by atoms with van der Waals surface area (Å²) in [7, 11) is 0. The van der Waals surface area contributed by atoms with Crippen LogP contribution in [0.15, 0.2) is 24.8 Å². The van der Waals surface area contributed by atoms with E-state index in [1.54, 1.807) is 0 Å². The molecule has 14 heavy (non-hydrogen) atoms. The Hall–Kier alpha value is -1.04. The maximum absolute atomic E-state index is 3.81. The molecule has 0 aliphatic rings. The summed E-state index contributed by atoms with van der Waals surface area (Å²) in [6.45, 7) is 10.4. The van der Waals surface area contributed by atoms with Gasteiger partial charge in [0.1, 0.15) is 0 Å². The highest BCUT2D eigenvalue weighted by atomic mass is 14.1. The Kier molecular flexibility index (Phi) is 3.94. The maximum atomic E-state index is 3.81. The van der Waals surface area contributed by atoms with Crippen molar-refractivity contribution in [3.8, 4) is 0 Å². The molecule has 0 atom stereocenters. The first-order valence-corrected chi connectivity index (χ1v) is 5.39. The first kappa shape index (κ1) is 11.0. The second-order valence-electron chi connectivity index (χ2n) is 3.95. The van der Waals surface area contributed by atoms with Crippen LogP contribution in [0.2, 0.25) is 0 Å². The Morgan fingerprint density at radius 3 is 2.21 bits per heavy atom. The normalized spacial score (nSPS) is 10.2. The molecule has 0 aliphatic carbocycles. The van der Waals surface area contributed by atoms with Gasteiger partial charge in [-0.3, -0.25) is 0 Å². The number of aryl methyl sites for hydroxylation is 3. The number of benzene rings is 1. The summed E-state index contributed by atoms with van der Waals surface area (Å²) in [6, 6.07) is 4.64. The Bertz CT molecular complexity index is 321. The predicted molar refractivity (Wildman–Crippen MR) is 63.8 cm³/mol. The Balaban J connectivity index is 3.09. The fraction of sp³-hybridized carbons (Fsp3) is 0.429. The smallest absolute Gasteiger partial charge is 0.00973 e. The number of rotatable bonds is 4. The van der Waals surface area contributed by atoms with E-state index in [-0.39, 0.29) is 0 Å². The van der Waals surface area contributed by atoms with Crippen molar-refractivity contribution in [1.82, 2.24) is 0 Å². The van der Waals surface area contributed by atoms with E-state index in [4.69, 9.17) is 0 Å². The van der Waals surface area contributed by atoms with Gasteiger partial charge < -0.3 is 0 Å². The lowest BCUT2D eigenvalue weighted by atomic mass is 9.95. The third kappa shape index (κ3) is 2.47. The van der Waals surface area contributed by atoms with E-state index in [1.807, 2.05) is 6.08 Å². The van der Waals surface area contributed by atoms with E-state index >= 15 is 0 Å². The van der Waals surface area contributed by atoms with Crippen LogP contribution in [-0.4, -0.2) is 0 Å². The van der Waals surface area contributed by atoms with Gasteiger partial charge in [0.15, 0.2) is 0 Å². The molecule has 0 bridgehead atoms. The third-order valence-corrected chi connectivity index (χ3v) is 2.70. The van der Waals surface area contributed by atoms with Crippen molar-refractivity contribution in [3.63, 3.8) is 0 Å². The van der Waals surface area contributed by atoms with Crippen LogP contribution in [0.4, 0.5) is 0 Å². The number of hydrogen-bond donors (Lipinski definition) is 0. The van der Waals surface area contributed by atoms with E-state index < -0.39 is 0 Å². The van der Waals surface area contributed by atoms with Gasteiger partial charge in [-0.25, -0.2) is 0 Å². The van der Waals surface area contributed by atoms with Crippen molar-refractivity contribution < 1.29 is 0 Å². The minimum absolute atomic E-state index is 0.996. The van der Waals surface area contributed by atoms with Gasteiger partial charge in [-0.2, -0.15) is 0 Å². The Morgan fingerprint density at radius 2 is 1.71 bits per heavy atom. The molecule has 0 heterocycles. The van der Waals surface area contributed by atoms with Gasteiger partial charge in [-0.05, 0) is 48.9 Å². The Morgan fingerprint density at radius 1 is 1.14 bits per heavy atom. The van der Waals surface area contributed by atoms with Crippen molar-refractivity contribution in [2.24, 2.45) is 0 Å². The van der Waals surface area contributed by atoms with Gasteiger partial charge in [0.2, 0.25) is 0 Å². The fourth-order valence-electron chi connectivity index (χ4n) is 1.78. The molecule has 0 radical (unpaired) electrons. The first-order chi connectivity index (χ1) is 6.69. The summed E-state index contributed by atoms with van der Waals surface area (Å²) in [4.78, 5) is 0. The van der Waals surface area contributed by atoms with Crippen LogP contribution in [0.25, 0.3) is 0 Å². The van der Waals surface area contributed by atoms with Crippen LogP contribution < -0.4 is 0 Å². The van der Waals surface area contributed by atoms with Gasteiger partial charge >= 0.3 is 0 Å². The molecule has 0 unspecified atom stereocenters. The quantitative estimate of drug-likeness (QED) is 0.627. The highest BCUT2D eigenvalue weighted by Gasteiger charge is 2.03. The molecule has 0 amide bonds. The molecule has 0 nitrogen and oxygen atoms in total. The molecule has 1 rings (SSSR count). The largest absolute Gasteiger partial charge is 0.103 e. The number of hydrogen-bond acceptors (Lipinski definition) is 0. The summed E-state index contributed by atoms with van der Waals surface area (Å²) in [5.74, 6) is 0. The summed E-state index contributed by atoms with van der Waals surface area (Å²) in [5, 5.41) is 0. The molecule has 0 fully saturated rings. The minimum Gasteiger partial charge on any atom is -0.103 e. The SMILES string of the molecule is C=CCc1cc(C)c(C)cc1CCC. The van der Waals surface area contributed by atoms with E-state index in [1.165, 1.54) is 35.1 Å². The van der Waals surface area contributed by atoms with Gasteiger partial charge in [-0.1, -0.05) is 31.6 Å². The van der Waals surface area contributed by atoms with E-state index in [9.17, 15) is 0 Å². The molecule has 1 aromatic rings. The third-order valence-electron chi connectivity index (χ3n) is 2.70. The standard InChI is InChI=1S/C14H20/c1-5-7-13-9-11(3)12(4)10-14(13)8-6-2/h5,9-10H,1,6-8H2,2-4H3. The van der Waals surface area contributed by atoms with Crippen LogP contribution in [0, 0.1) is 13.8 Å². The van der Waals surface area contributed by atoms with E-state index in [2.05, 4.69) is 39.5 Å². The fourth-order valence-corrected chi connectivity index (χ4v) is 1.78. The van der Waals surface area contributed by atoms with Crippen LogP contribution in [0.1, 0.15) is 35.6 Å². The van der Waals surface area contributed by atoms with Crippen LogP contribution in [0.5, 0.6) is 0 Å². The van der Waals surface area contributed by atoms with Crippen LogP contribution in [0.3, 0.4) is 0 Å². The molecule has 0 saturated heterocycles. The summed E-state index contributed by atoms with van der Waals surface area (Å²) in [5.41, 5.74) is 5.74. The van der Waals surface area contributed by atoms with Gasteiger partial charge in [-0.15, -0.1) is 6.58 Å². The molecule has 0 spiro atoms. The van der Waals surface area contributed by atoms with Crippen molar-refractivity contribution in [2.45, 2.75) is 40.0 Å². The second kappa shape index (κ2) is 4.99. The van der Waals surface area contributed by atoms with E-state index in [0.717, 1.165) is 6.42 Å². The number of allylic oxidation sites excluding steroid dienone is 1. The summed E-state index contributed by atoms with van der Waals surface area (Å²) < 4.78 is 0. The lowest BCUT2D eigenvalue weighted by Crippen LogP contribution is -1.96. The van der Waals surface area contributed by atoms with Crippen LogP contribution in [-0.2, 0) is 12.8 Å². The van der Waals surface area contributed by atoms with Crippen molar-refractivity contribution in [2.75, 3.05) is 0 Å². The molecule has 0 aromatic heterocycles. The molecule has 0 N–H and O–H groups in total. The van der Waals surface area contributed by atoms with Crippen LogP contribution >= 0.6 is 0 Å². The molecule has 0 heteroatoms. The lowest BCUT2D eigenvalue weighted by Gasteiger charge is -2.10. The highest BCUT2D eigenvalue weighted by Crippen LogP contribution is 2.18. The minimum atomic E-state index is 0.996. The van der Waals surface area contributed by atoms with Gasteiger partial charge in [0, 0.05) is 0 Å². The molecule has 1 aromatic carbocycles. The molecular formula is C14H20. The maximum Gasteiger partial charge on any atom is -0.00973 e. The molecular weight excluding hydrogens is 168 g/mol. The second-order valence-corrected chi connectivity index (χ2v) is 3.95. The zero-order valence-electron chi connectivity index (χ0n) is 9.56. The monoisotopic (exact) mass is 188 g/mol.